The molecule has 4 nitrogen and oxygen atoms in total. The monoisotopic (exact) mass is 245 g/mol. The topological polar surface area (TPSA) is 58.4 Å². The van der Waals surface area contributed by atoms with Crippen molar-refractivity contribution in [3.8, 4) is 0 Å². The second kappa shape index (κ2) is 5.89. The average Bonchev–Trinajstić information content (AvgIpc) is 2.29. The molecule has 16 heavy (non-hydrogen) atoms. The van der Waals surface area contributed by atoms with Crippen LogP contribution in [0.25, 0.3) is 0 Å². The van der Waals surface area contributed by atoms with E-state index in [9.17, 15) is 4.79 Å². The number of nitrogens with zero attached hydrogens (tertiary/aromatic N) is 1. The molecule has 3 N–H and O–H groups in total. The maximum atomic E-state index is 11.5. The summed E-state index contributed by atoms with van der Waals surface area (Å²) in [4.78, 5) is 13.9. The van der Waals surface area contributed by atoms with Gasteiger partial charge in [0, 0.05) is 29.6 Å². The number of rotatable bonds is 3. The van der Waals surface area contributed by atoms with E-state index in [1.54, 1.807) is 0 Å². The van der Waals surface area contributed by atoms with Crippen molar-refractivity contribution in [3.05, 3.63) is 0 Å². The fourth-order valence-electron chi connectivity index (χ4n) is 2.17. The summed E-state index contributed by atoms with van der Waals surface area (Å²) in [5.74, 6) is 6.18. The molecule has 0 aromatic rings. The van der Waals surface area contributed by atoms with Crippen LogP contribution in [0.4, 0.5) is 0 Å². The summed E-state index contributed by atoms with van der Waals surface area (Å²) in [5.41, 5.74) is 2.24. The van der Waals surface area contributed by atoms with Gasteiger partial charge in [0.15, 0.2) is 0 Å². The molecule has 1 aliphatic heterocycles. The third kappa shape index (κ3) is 2.90. The SMILES string of the molecule is CC1SCCN(C(C)C(C)C(=O)NN)C1C. The molecule has 0 spiro atoms. The van der Waals surface area contributed by atoms with Crippen molar-refractivity contribution in [2.45, 2.75) is 45.0 Å². The molecule has 5 heteroatoms. The molecule has 1 saturated heterocycles. The lowest BCUT2D eigenvalue weighted by Gasteiger charge is -2.42. The molecule has 0 aromatic heterocycles. The standard InChI is InChI=1S/C11H23N3OS/c1-7(11(15)13-12)8(2)14-5-6-16-10(4)9(14)3/h7-10H,5-6,12H2,1-4H3,(H,13,15). The van der Waals surface area contributed by atoms with Crippen molar-refractivity contribution in [2.24, 2.45) is 11.8 Å². The Morgan fingerprint density at radius 3 is 2.69 bits per heavy atom. The van der Waals surface area contributed by atoms with Gasteiger partial charge >= 0.3 is 0 Å². The molecule has 1 amide bonds. The number of thioether (sulfide) groups is 1. The van der Waals surface area contributed by atoms with Gasteiger partial charge in [-0.05, 0) is 13.8 Å². The third-order valence-corrected chi connectivity index (χ3v) is 5.07. The first kappa shape index (κ1) is 13.8. The smallest absolute Gasteiger partial charge is 0.238 e. The zero-order chi connectivity index (χ0) is 12.3. The Balaban J connectivity index is 2.64. The van der Waals surface area contributed by atoms with Crippen molar-refractivity contribution in [2.75, 3.05) is 12.3 Å². The molecule has 1 rings (SSSR count). The molecule has 1 fully saturated rings. The molecule has 4 atom stereocenters. The highest BCUT2D eigenvalue weighted by Crippen LogP contribution is 2.27. The summed E-state index contributed by atoms with van der Waals surface area (Å²) in [6, 6.07) is 0.753. The summed E-state index contributed by atoms with van der Waals surface area (Å²) in [7, 11) is 0. The van der Waals surface area contributed by atoms with Crippen molar-refractivity contribution in [3.63, 3.8) is 0 Å². The zero-order valence-electron chi connectivity index (χ0n) is 10.6. The van der Waals surface area contributed by atoms with Crippen LogP contribution in [-0.4, -0.2) is 40.4 Å². The van der Waals surface area contributed by atoms with E-state index in [0.717, 1.165) is 12.3 Å². The van der Waals surface area contributed by atoms with Gasteiger partial charge in [-0.3, -0.25) is 15.1 Å². The van der Waals surface area contributed by atoms with Crippen LogP contribution in [0.15, 0.2) is 0 Å². The van der Waals surface area contributed by atoms with Crippen LogP contribution in [0, 0.1) is 5.92 Å². The second-order valence-electron chi connectivity index (χ2n) is 4.59. The van der Waals surface area contributed by atoms with Gasteiger partial charge in [-0.1, -0.05) is 13.8 Å². The first-order valence-electron chi connectivity index (χ1n) is 5.86. The second-order valence-corrected chi connectivity index (χ2v) is 6.08. The lowest BCUT2D eigenvalue weighted by atomic mass is 9.99. The molecule has 0 aromatic carbocycles. The molecular formula is C11H23N3OS. The minimum absolute atomic E-state index is 0.0669. The Labute approximate surface area is 102 Å². The number of hydrogen-bond acceptors (Lipinski definition) is 4. The van der Waals surface area contributed by atoms with Crippen LogP contribution in [0.1, 0.15) is 27.7 Å². The van der Waals surface area contributed by atoms with Crippen LogP contribution in [-0.2, 0) is 4.79 Å². The van der Waals surface area contributed by atoms with Gasteiger partial charge in [-0.25, -0.2) is 5.84 Å². The number of nitrogens with two attached hydrogens (primary N) is 1. The maximum Gasteiger partial charge on any atom is 0.238 e. The molecule has 1 aliphatic rings. The third-order valence-electron chi connectivity index (χ3n) is 3.74. The van der Waals surface area contributed by atoms with Crippen LogP contribution >= 0.6 is 11.8 Å². The van der Waals surface area contributed by atoms with Crippen molar-refractivity contribution in [1.82, 2.24) is 10.3 Å². The van der Waals surface area contributed by atoms with Gasteiger partial charge in [0.25, 0.3) is 0 Å². The minimum Gasteiger partial charge on any atom is -0.295 e. The molecule has 0 saturated carbocycles. The van der Waals surface area contributed by atoms with Gasteiger partial charge in [0.1, 0.15) is 0 Å². The van der Waals surface area contributed by atoms with E-state index in [-0.39, 0.29) is 17.9 Å². The van der Waals surface area contributed by atoms with E-state index >= 15 is 0 Å². The molecule has 1 heterocycles. The number of carbonyl (C=O) groups excluding carboxylic acids is 1. The summed E-state index contributed by atoms with van der Waals surface area (Å²) in [5, 5.41) is 0.629. The highest BCUT2D eigenvalue weighted by molar-refractivity contribution is 8.00. The highest BCUT2D eigenvalue weighted by atomic mass is 32.2. The molecular weight excluding hydrogens is 222 g/mol. The van der Waals surface area contributed by atoms with Gasteiger partial charge in [-0.2, -0.15) is 11.8 Å². The fourth-order valence-corrected chi connectivity index (χ4v) is 3.29. The first-order valence-corrected chi connectivity index (χ1v) is 6.91. The van der Waals surface area contributed by atoms with Crippen LogP contribution < -0.4 is 11.3 Å². The van der Waals surface area contributed by atoms with Gasteiger partial charge in [0.05, 0.1) is 5.92 Å². The van der Waals surface area contributed by atoms with E-state index < -0.39 is 0 Å². The molecule has 4 unspecified atom stereocenters. The largest absolute Gasteiger partial charge is 0.295 e. The number of hydrogen-bond donors (Lipinski definition) is 2. The predicted octanol–water partition coefficient (Wildman–Crippen LogP) is 0.827. The maximum absolute atomic E-state index is 11.5. The average molecular weight is 245 g/mol. The molecule has 0 radical (unpaired) electrons. The van der Waals surface area contributed by atoms with Gasteiger partial charge in [-0.15, -0.1) is 0 Å². The lowest BCUT2D eigenvalue weighted by Crippen LogP contribution is -2.53. The molecule has 94 valence electrons. The molecule has 0 aliphatic carbocycles. The normalized spacial score (nSPS) is 30.8. The van der Waals surface area contributed by atoms with Crippen LogP contribution in [0.3, 0.4) is 0 Å². The molecule has 0 bridgehead atoms. The Morgan fingerprint density at radius 2 is 2.12 bits per heavy atom. The van der Waals surface area contributed by atoms with Gasteiger partial charge in [0.2, 0.25) is 5.91 Å². The minimum atomic E-state index is -0.0782. The Kier molecular flexibility index (Phi) is 5.08. The Morgan fingerprint density at radius 1 is 1.50 bits per heavy atom. The lowest BCUT2D eigenvalue weighted by molar-refractivity contribution is -0.126. The van der Waals surface area contributed by atoms with E-state index in [0.29, 0.717) is 11.3 Å². The zero-order valence-corrected chi connectivity index (χ0v) is 11.4. The number of nitrogens with one attached hydrogen (secondary N) is 1. The summed E-state index contributed by atoms with van der Waals surface area (Å²) >= 11 is 2.01. The van der Waals surface area contributed by atoms with E-state index in [1.807, 2.05) is 18.7 Å². The predicted molar refractivity (Wildman–Crippen MR) is 69.0 cm³/mol. The Hall–Kier alpha value is -0.260. The highest BCUT2D eigenvalue weighted by Gasteiger charge is 2.32. The number of amides is 1. The summed E-state index contributed by atoms with van der Waals surface area (Å²) in [6.07, 6.45) is 0. The summed E-state index contributed by atoms with van der Waals surface area (Å²) in [6.45, 7) is 9.59. The van der Waals surface area contributed by atoms with Crippen molar-refractivity contribution in [1.29, 1.82) is 0 Å². The Bertz CT molecular complexity index is 249. The summed E-state index contributed by atoms with van der Waals surface area (Å²) < 4.78 is 0. The van der Waals surface area contributed by atoms with Crippen LogP contribution in [0.2, 0.25) is 0 Å². The van der Waals surface area contributed by atoms with E-state index in [1.165, 1.54) is 0 Å². The van der Waals surface area contributed by atoms with Crippen LogP contribution in [0.5, 0.6) is 0 Å². The van der Waals surface area contributed by atoms with Gasteiger partial charge < -0.3 is 0 Å². The van der Waals surface area contributed by atoms with E-state index in [2.05, 4.69) is 31.1 Å². The van der Waals surface area contributed by atoms with Crippen molar-refractivity contribution >= 4 is 17.7 Å². The fraction of sp³-hybridized carbons (Fsp3) is 0.909. The van der Waals surface area contributed by atoms with Crippen molar-refractivity contribution < 1.29 is 4.79 Å². The number of hydrazine groups is 1. The number of carbonyl (C=O) groups is 1. The van der Waals surface area contributed by atoms with E-state index in [4.69, 9.17) is 5.84 Å². The quantitative estimate of drug-likeness (QED) is 0.439. The first-order chi connectivity index (χ1) is 7.49.